The van der Waals surface area contributed by atoms with Crippen LogP contribution in [0.5, 0.6) is 0 Å². The number of carboxylic acids is 1. The predicted molar refractivity (Wildman–Crippen MR) is 80.8 cm³/mol. The van der Waals surface area contributed by atoms with Gasteiger partial charge in [0, 0.05) is 12.5 Å². The Labute approximate surface area is 121 Å². The first-order valence-electron chi connectivity index (χ1n) is 7.75. The largest absolute Gasteiger partial charge is 0.481 e. The third-order valence-electron chi connectivity index (χ3n) is 4.19. The highest BCUT2D eigenvalue weighted by molar-refractivity contribution is 5.66. The van der Waals surface area contributed by atoms with Crippen molar-refractivity contribution in [3.8, 4) is 0 Å². The van der Waals surface area contributed by atoms with E-state index in [9.17, 15) is 4.79 Å². The first-order chi connectivity index (χ1) is 9.75. The molecule has 0 aromatic heterocycles. The van der Waals surface area contributed by atoms with E-state index in [4.69, 9.17) is 5.11 Å². The van der Waals surface area contributed by atoms with Gasteiger partial charge >= 0.3 is 5.97 Å². The maximum atomic E-state index is 10.5. The quantitative estimate of drug-likeness (QED) is 0.740. The van der Waals surface area contributed by atoms with Crippen LogP contribution in [0.1, 0.15) is 44.1 Å². The first-order valence-corrected chi connectivity index (χ1v) is 7.75. The third kappa shape index (κ3) is 4.97. The molecule has 1 saturated heterocycles. The number of hydrogen-bond acceptors (Lipinski definition) is 2. The van der Waals surface area contributed by atoms with Gasteiger partial charge in [-0.2, -0.15) is 0 Å². The summed E-state index contributed by atoms with van der Waals surface area (Å²) in [6.45, 7) is 2.25. The van der Waals surface area contributed by atoms with Gasteiger partial charge in [0.15, 0.2) is 0 Å². The van der Waals surface area contributed by atoms with Gasteiger partial charge in [-0.25, -0.2) is 0 Å². The van der Waals surface area contributed by atoms with Crippen LogP contribution in [0.15, 0.2) is 30.3 Å². The SMILES string of the molecule is O=C(O)CCCCN1CCCC1CCc1ccccc1. The van der Waals surface area contributed by atoms with Gasteiger partial charge in [0.05, 0.1) is 0 Å². The molecule has 110 valence electrons. The van der Waals surface area contributed by atoms with Gasteiger partial charge in [0.1, 0.15) is 0 Å². The molecule has 0 radical (unpaired) electrons. The van der Waals surface area contributed by atoms with E-state index in [1.165, 1.54) is 31.4 Å². The summed E-state index contributed by atoms with van der Waals surface area (Å²) in [7, 11) is 0. The molecule has 0 aliphatic carbocycles. The summed E-state index contributed by atoms with van der Waals surface area (Å²) in [5, 5.41) is 8.65. The fourth-order valence-electron chi connectivity index (χ4n) is 3.09. The number of benzene rings is 1. The summed E-state index contributed by atoms with van der Waals surface area (Å²) in [4.78, 5) is 13.1. The normalized spacial score (nSPS) is 19.3. The van der Waals surface area contributed by atoms with Crippen molar-refractivity contribution >= 4 is 5.97 Å². The lowest BCUT2D eigenvalue weighted by Gasteiger charge is -2.24. The molecule has 1 heterocycles. The third-order valence-corrected chi connectivity index (χ3v) is 4.19. The van der Waals surface area contributed by atoms with Gasteiger partial charge < -0.3 is 10.0 Å². The van der Waals surface area contributed by atoms with Crippen molar-refractivity contribution in [3.63, 3.8) is 0 Å². The Kier molecular flexibility index (Phi) is 6.06. The molecular weight excluding hydrogens is 250 g/mol. The predicted octanol–water partition coefficient (Wildman–Crippen LogP) is 3.34. The van der Waals surface area contributed by atoms with Crippen LogP contribution in [0.3, 0.4) is 0 Å². The molecular formula is C17H25NO2. The zero-order chi connectivity index (χ0) is 14.2. The van der Waals surface area contributed by atoms with E-state index in [0.29, 0.717) is 12.5 Å². The van der Waals surface area contributed by atoms with Crippen LogP contribution in [0.2, 0.25) is 0 Å². The monoisotopic (exact) mass is 275 g/mol. The van der Waals surface area contributed by atoms with Crippen molar-refractivity contribution in [3.05, 3.63) is 35.9 Å². The molecule has 1 fully saturated rings. The lowest BCUT2D eigenvalue weighted by molar-refractivity contribution is -0.137. The van der Waals surface area contributed by atoms with Crippen molar-refractivity contribution < 1.29 is 9.90 Å². The summed E-state index contributed by atoms with van der Waals surface area (Å²) in [5.74, 6) is -0.674. The topological polar surface area (TPSA) is 40.5 Å². The Balaban J connectivity index is 1.69. The van der Waals surface area contributed by atoms with E-state index >= 15 is 0 Å². The molecule has 0 saturated carbocycles. The molecule has 2 rings (SSSR count). The van der Waals surface area contributed by atoms with Gasteiger partial charge in [0.25, 0.3) is 0 Å². The Bertz CT molecular complexity index is 405. The second-order valence-electron chi connectivity index (χ2n) is 5.71. The molecule has 0 spiro atoms. The van der Waals surface area contributed by atoms with E-state index in [0.717, 1.165) is 25.8 Å². The van der Waals surface area contributed by atoms with Crippen molar-refractivity contribution in [2.75, 3.05) is 13.1 Å². The van der Waals surface area contributed by atoms with Gasteiger partial charge in [-0.05, 0) is 57.2 Å². The molecule has 1 aliphatic rings. The van der Waals surface area contributed by atoms with Crippen molar-refractivity contribution in [1.29, 1.82) is 0 Å². The molecule has 1 atom stereocenters. The maximum Gasteiger partial charge on any atom is 0.303 e. The number of rotatable bonds is 8. The minimum absolute atomic E-state index is 0.308. The van der Waals surface area contributed by atoms with Gasteiger partial charge in [-0.1, -0.05) is 30.3 Å². The number of hydrogen-bond donors (Lipinski definition) is 1. The Morgan fingerprint density at radius 2 is 2.05 bits per heavy atom. The Morgan fingerprint density at radius 3 is 2.80 bits per heavy atom. The highest BCUT2D eigenvalue weighted by Gasteiger charge is 2.23. The number of carbonyl (C=O) groups is 1. The van der Waals surface area contributed by atoms with Gasteiger partial charge in [0.2, 0.25) is 0 Å². The van der Waals surface area contributed by atoms with E-state index < -0.39 is 5.97 Å². The van der Waals surface area contributed by atoms with E-state index in [-0.39, 0.29) is 0 Å². The fourth-order valence-corrected chi connectivity index (χ4v) is 3.09. The van der Waals surface area contributed by atoms with E-state index in [2.05, 4.69) is 35.2 Å². The molecule has 1 aromatic rings. The molecule has 0 bridgehead atoms. The average Bonchev–Trinajstić information content (AvgIpc) is 2.90. The summed E-state index contributed by atoms with van der Waals surface area (Å²) < 4.78 is 0. The molecule has 1 N–H and O–H groups in total. The summed E-state index contributed by atoms with van der Waals surface area (Å²) in [5.41, 5.74) is 1.42. The van der Waals surface area contributed by atoms with Crippen LogP contribution in [-0.2, 0) is 11.2 Å². The van der Waals surface area contributed by atoms with Crippen LogP contribution < -0.4 is 0 Å². The minimum atomic E-state index is -0.674. The van der Waals surface area contributed by atoms with Crippen LogP contribution in [0.25, 0.3) is 0 Å². The Hall–Kier alpha value is -1.35. The summed E-state index contributed by atoms with van der Waals surface area (Å²) in [6.07, 6.45) is 7.08. The smallest absolute Gasteiger partial charge is 0.303 e. The van der Waals surface area contributed by atoms with Crippen molar-refractivity contribution in [1.82, 2.24) is 4.90 Å². The second kappa shape index (κ2) is 8.05. The lowest BCUT2D eigenvalue weighted by Crippen LogP contribution is -2.30. The van der Waals surface area contributed by atoms with Gasteiger partial charge in [-0.3, -0.25) is 4.79 Å². The summed E-state index contributed by atoms with van der Waals surface area (Å²) >= 11 is 0. The second-order valence-corrected chi connectivity index (χ2v) is 5.71. The van der Waals surface area contributed by atoms with Crippen LogP contribution in [0, 0.1) is 0 Å². The van der Waals surface area contributed by atoms with Crippen molar-refractivity contribution in [2.45, 2.75) is 51.0 Å². The standard InChI is InChI=1S/C17H25NO2/c19-17(20)10-4-5-13-18-14-6-9-16(18)12-11-15-7-2-1-3-8-15/h1-3,7-8,16H,4-6,9-14H2,(H,19,20). The average molecular weight is 275 g/mol. The first kappa shape index (κ1) is 15.0. The fraction of sp³-hybridized carbons (Fsp3) is 0.588. The number of aliphatic carboxylic acids is 1. The number of nitrogens with zero attached hydrogens (tertiary/aromatic N) is 1. The van der Waals surface area contributed by atoms with Gasteiger partial charge in [-0.15, -0.1) is 0 Å². The highest BCUT2D eigenvalue weighted by atomic mass is 16.4. The van der Waals surface area contributed by atoms with E-state index in [1.807, 2.05) is 0 Å². The molecule has 3 heteroatoms. The molecule has 1 aromatic carbocycles. The molecule has 0 amide bonds. The molecule has 20 heavy (non-hydrogen) atoms. The maximum absolute atomic E-state index is 10.5. The molecule has 1 unspecified atom stereocenters. The zero-order valence-electron chi connectivity index (χ0n) is 12.1. The van der Waals surface area contributed by atoms with Crippen LogP contribution >= 0.6 is 0 Å². The number of unbranched alkanes of at least 4 members (excludes halogenated alkanes) is 1. The zero-order valence-corrected chi connectivity index (χ0v) is 12.1. The number of aryl methyl sites for hydroxylation is 1. The van der Waals surface area contributed by atoms with Crippen LogP contribution in [-0.4, -0.2) is 35.1 Å². The minimum Gasteiger partial charge on any atom is -0.481 e. The molecule has 1 aliphatic heterocycles. The summed E-state index contributed by atoms with van der Waals surface area (Å²) in [6, 6.07) is 11.4. The highest BCUT2D eigenvalue weighted by Crippen LogP contribution is 2.22. The number of likely N-dealkylation sites (tertiary alicyclic amines) is 1. The Morgan fingerprint density at radius 1 is 1.25 bits per heavy atom. The lowest BCUT2D eigenvalue weighted by atomic mass is 10.0. The molecule has 3 nitrogen and oxygen atoms in total. The van der Waals surface area contributed by atoms with Crippen LogP contribution in [0.4, 0.5) is 0 Å². The number of carboxylic acid groups (broad SMARTS) is 1. The van der Waals surface area contributed by atoms with Crippen molar-refractivity contribution in [2.24, 2.45) is 0 Å². The van der Waals surface area contributed by atoms with E-state index in [1.54, 1.807) is 0 Å².